The topological polar surface area (TPSA) is 742 Å². The van der Waals surface area contributed by atoms with Crippen LogP contribution in [0.5, 0.6) is 0 Å². The molecule has 13 fully saturated rings. The SMILES string of the molecule is CC(=O)OC1C(C)OC(OC2C(C)OC(OC(=O)[C@]34CCC(C)(C)CC3C3=CCC5[C@@]6(C)CC[C@H](OC7OC(C(=O)On8nnc9cccnc98)C(O)C(OC8OCC(O)C(O)C8O)C7OC7OC(CO)C(O)C(O)C7O)[C@@](C)(C=O)C6CC[C@@]5(C)[C@]3(C)C[C@H]4O)C(OC3OC(C)C(OC4OCC(O)C(OC5OC(CO)C(O)C(O)C5O)C4O)C(O)C3O)C2O)C(O)C1OC1OCC(O)C(O)C1O. The number of hydrogen-bond acceptors (Lipinski definition) is 49. The van der Waals surface area contributed by atoms with Crippen molar-refractivity contribution in [3.8, 4) is 0 Å². The molecular formula is C88H132N4O46. The molecule has 45 unspecified atom stereocenters. The van der Waals surface area contributed by atoms with Crippen LogP contribution in [-0.2, 0) is 109 Å². The summed E-state index contributed by atoms with van der Waals surface area (Å²) in [6, 6.07) is 3.04. The second-order valence-corrected chi connectivity index (χ2v) is 41.2. The molecule has 780 valence electrons. The number of pyridine rings is 1. The number of aliphatic hydroxyl groups excluding tert-OH is 22. The van der Waals surface area contributed by atoms with Crippen molar-refractivity contribution in [2.24, 2.45) is 50.2 Å². The smallest absolute Gasteiger partial charge is 0.366 e. The van der Waals surface area contributed by atoms with E-state index < -0.39 is 366 Å². The maximum Gasteiger partial charge on any atom is 0.366 e. The first-order valence-corrected chi connectivity index (χ1v) is 46.9. The zero-order valence-corrected chi connectivity index (χ0v) is 77.3. The van der Waals surface area contributed by atoms with E-state index in [1.807, 2.05) is 13.8 Å². The molecule has 9 aliphatic heterocycles. The van der Waals surface area contributed by atoms with Crippen LogP contribution in [0.2, 0.25) is 0 Å². The first-order valence-electron chi connectivity index (χ1n) is 46.9. The maximum atomic E-state index is 16.5. The van der Waals surface area contributed by atoms with E-state index >= 15 is 4.79 Å². The highest BCUT2D eigenvalue weighted by atomic mass is 16.8. The summed E-state index contributed by atoms with van der Waals surface area (Å²) in [5.74, 6) is -5.09. The molecule has 14 aliphatic rings. The van der Waals surface area contributed by atoms with Gasteiger partial charge in [-0.2, -0.15) is 0 Å². The van der Waals surface area contributed by atoms with Gasteiger partial charge < -0.3 is 212 Å². The van der Waals surface area contributed by atoms with Gasteiger partial charge >= 0.3 is 17.9 Å². The maximum absolute atomic E-state index is 16.5. The Morgan fingerprint density at radius 1 is 0.471 bits per heavy atom. The second-order valence-electron chi connectivity index (χ2n) is 41.2. The minimum absolute atomic E-state index is 0.00417. The molecule has 0 aromatic carbocycles. The number of hydrogen-bond donors (Lipinski definition) is 22. The molecule has 50 heteroatoms. The summed E-state index contributed by atoms with van der Waals surface area (Å²) < 4.78 is 116. The molecule has 50 nitrogen and oxygen atoms in total. The van der Waals surface area contributed by atoms with Crippen molar-refractivity contribution in [1.82, 2.24) is 20.1 Å². The van der Waals surface area contributed by atoms with E-state index in [0.29, 0.717) is 24.1 Å². The lowest BCUT2D eigenvalue weighted by molar-refractivity contribution is -0.392. The second kappa shape index (κ2) is 40.9. The number of aliphatic hydroxyl groups is 22. The Kier molecular flexibility index (Phi) is 31.3. The average molecular weight is 1980 g/mol. The molecule has 0 radical (unpaired) electrons. The van der Waals surface area contributed by atoms with Crippen molar-refractivity contribution >= 4 is 35.4 Å². The molecule has 0 bridgehead atoms. The van der Waals surface area contributed by atoms with Crippen molar-refractivity contribution in [3.05, 3.63) is 30.0 Å². The summed E-state index contributed by atoms with van der Waals surface area (Å²) in [5, 5.41) is 257. The Hall–Kier alpha value is -5.19. The Morgan fingerprint density at radius 2 is 0.971 bits per heavy atom. The van der Waals surface area contributed by atoms with Crippen LogP contribution in [0.25, 0.3) is 11.2 Å². The third-order valence-corrected chi connectivity index (χ3v) is 32.3. The number of rotatable bonds is 24. The van der Waals surface area contributed by atoms with Gasteiger partial charge in [0.05, 0.1) is 69.0 Å². The Balaban J connectivity index is 0.685. The zero-order chi connectivity index (χ0) is 99.9. The van der Waals surface area contributed by atoms with E-state index in [4.69, 9.17) is 94.8 Å². The van der Waals surface area contributed by atoms with Crippen molar-refractivity contribution in [3.63, 3.8) is 0 Å². The molecule has 0 amide bonds. The van der Waals surface area contributed by atoms with Gasteiger partial charge in [0.25, 0.3) is 0 Å². The number of esters is 2. The quantitative estimate of drug-likeness (QED) is 0.0153. The van der Waals surface area contributed by atoms with Crippen LogP contribution in [0, 0.1) is 50.2 Å². The first kappa shape index (κ1) is 106. The molecule has 16 rings (SSSR count). The predicted molar refractivity (Wildman–Crippen MR) is 445 cm³/mol. The highest BCUT2D eigenvalue weighted by Crippen LogP contribution is 2.76. The van der Waals surface area contributed by atoms with Gasteiger partial charge in [-0.3, -0.25) is 9.59 Å². The third-order valence-electron chi connectivity index (χ3n) is 32.3. The lowest BCUT2D eigenvalue weighted by Gasteiger charge is -2.71. The molecule has 22 N–H and O–H groups in total. The highest BCUT2D eigenvalue weighted by molar-refractivity contribution is 5.80. The molecule has 11 heterocycles. The molecule has 5 aliphatic carbocycles. The summed E-state index contributed by atoms with van der Waals surface area (Å²) in [6.07, 6.45) is -76.0. The van der Waals surface area contributed by atoms with Crippen LogP contribution in [0.3, 0.4) is 0 Å². The van der Waals surface area contributed by atoms with Crippen LogP contribution in [-0.4, -0.2) is 460 Å². The number of carbonyl (C=O) groups is 4. The summed E-state index contributed by atoms with van der Waals surface area (Å²) >= 11 is 0. The van der Waals surface area contributed by atoms with E-state index in [2.05, 4.69) is 42.1 Å². The van der Waals surface area contributed by atoms with Gasteiger partial charge in [-0.25, -0.2) is 9.78 Å². The van der Waals surface area contributed by atoms with Crippen molar-refractivity contribution < 1.29 is 226 Å². The van der Waals surface area contributed by atoms with Gasteiger partial charge in [0, 0.05) is 13.1 Å². The lowest BCUT2D eigenvalue weighted by atomic mass is 9.33. The number of nitrogens with zero attached hydrogens (tertiary/aromatic N) is 4. The van der Waals surface area contributed by atoms with Crippen LogP contribution < -0.4 is 4.84 Å². The number of aldehydes is 1. The molecule has 0 spiro atoms. The number of carbonyl (C=O) groups excluding carboxylic acids is 4. The van der Waals surface area contributed by atoms with Gasteiger partial charge in [0.1, 0.15) is 182 Å². The minimum Gasteiger partial charge on any atom is -0.457 e. The Bertz CT molecular complexity index is 4570. The Labute approximate surface area is 789 Å². The number of ether oxygens (including phenoxy) is 19. The average Bonchev–Trinajstić information content (AvgIpc) is 0.712. The van der Waals surface area contributed by atoms with E-state index in [0.717, 1.165) is 18.8 Å². The zero-order valence-electron chi connectivity index (χ0n) is 77.3. The number of allylic oxidation sites excluding steroid dienone is 2. The summed E-state index contributed by atoms with van der Waals surface area (Å²) in [4.78, 5) is 69.1. The highest BCUT2D eigenvalue weighted by Gasteiger charge is 2.74. The van der Waals surface area contributed by atoms with E-state index in [1.165, 1.54) is 39.1 Å². The van der Waals surface area contributed by atoms with Crippen molar-refractivity contribution in [2.75, 3.05) is 33.0 Å². The molecular weight excluding hydrogens is 1850 g/mol. The Morgan fingerprint density at radius 3 is 1.57 bits per heavy atom. The van der Waals surface area contributed by atoms with Gasteiger partial charge in [-0.1, -0.05) is 53.2 Å². The van der Waals surface area contributed by atoms with E-state index in [9.17, 15) is 127 Å². The summed E-state index contributed by atoms with van der Waals surface area (Å²) in [5.41, 5.74) is -5.62. The van der Waals surface area contributed by atoms with Crippen LogP contribution in [0.1, 0.15) is 127 Å². The van der Waals surface area contributed by atoms with E-state index in [-0.39, 0.29) is 55.6 Å². The predicted octanol–water partition coefficient (Wildman–Crippen LogP) is -9.39. The summed E-state index contributed by atoms with van der Waals surface area (Å²) in [6.45, 7) is 13.5. The fraction of sp³-hybridized carbons (Fsp3) is 0.875. The number of fused-ring (bicyclic) bond motifs is 8. The van der Waals surface area contributed by atoms with Gasteiger partial charge in [0.15, 0.2) is 68.6 Å². The minimum atomic E-state index is -2.30. The molecule has 2 aromatic heterocycles. The molecule has 52 atom stereocenters. The van der Waals surface area contributed by atoms with Crippen LogP contribution >= 0.6 is 0 Å². The fourth-order valence-corrected chi connectivity index (χ4v) is 24.2. The summed E-state index contributed by atoms with van der Waals surface area (Å²) in [7, 11) is 0. The van der Waals surface area contributed by atoms with E-state index in [1.54, 1.807) is 6.92 Å². The van der Waals surface area contributed by atoms with Crippen molar-refractivity contribution in [2.45, 2.75) is 397 Å². The van der Waals surface area contributed by atoms with Crippen molar-refractivity contribution in [1.29, 1.82) is 0 Å². The fourth-order valence-electron chi connectivity index (χ4n) is 24.2. The third kappa shape index (κ3) is 18.9. The normalized spacial score (nSPS) is 51.4. The first-order chi connectivity index (χ1) is 65.1. The van der Waals surface area contributed by atoms with Crippen LogP contribution in [0.4, 0.5) is 0 Å². The van der Waals surface area contributed by atoms with Gasteiger partial charge in [-0.05, 0) is 140 Å². The molecule has 2 aromatic rings. The standard InChI is InChI=1S/C88H132N4O46/c1-30-62(129-75-60(115)65(39(99)28-121-75)131-77-55(110)50(105)48(103)40(24-93)126-77)52(107)57(112)76(122-30)135-69-58(113)63(130-79-61(116)67(64(32(3)123-79)125-33(4)96)133-74-54(109)47(102)38(98)27-120-74)31(2)124-80(69)137-82(118)88-20-19-83(5,6)22-35(88)34-13-14-43-84(7)17-16-45(85(8,29-95)42(84)15-18-86(43,9)87(34,10)23-44(88)100)128-81-70(136-78-56(111)51(106)49(104)41(25-94)127-78)66(132-73-53(108)46(101)37(97)26-119-73)59(114)68(134-81)72(117)138-92-71-36(90-91-92)12-11-21-89-71/h11-13,21,29-32,35,37-70,73-81,93-94,97-116H,14-20,22-28H2,1-10H3/t30?,31?,32?,35?,37?,38?,39?,40?,41?,42?,43?,44-,45+,46?,47?,48?,49?,50?,51?,52?,53?,54?,55?,56?,57?,58?,59?,60?,61?,62?,63?,64?,65?,66?,67?,68?,69?,70?,73?,74?,75?,76?,77?,78?,79?,80?,81?,84+,85+,86-,87-,88-/m1/s1. The molecule has 9 saturated heterocycles. The lowest BCUT2D eigenvalue weighted by Crippen LogP contribution is -2.70. The monoisotopic (exact) mass is 1980 g/mol. The van der Waals surface area contributed by atoms with Gasteiger partial charge in [0.2, 0.25) is 11.9 Å². The number of aromatic nitrogens is 4. The van der Waals surface area contributed by atoms with Crippen LogP contribution in [0.15, 0.2) is 30.0 Å². The largest absolute Gasteiger partial charge is 0.457 e. The molecule has 4 saturated carbocycles. The molecule has 138 heavy (non-hydrogen) atoms. The van der Waals surface area contributed by atoms with Gasteiger partial charge in [-0.15, -0.1) is 5.10 Å².